The number of aromatic nitrogens is 2. The third-order valence-corrected chi connectivity index (χ3v) is 4.04. The predicted molar refractivity (Wildman–Crippen MR) is 83.8 cm³/mol. The third kappa shape index (κ3) is 4.04. The molecular formula is C16H18N2O2S. The van der Waals surface area contributed by atoms with Gasteiger partial charge in [0.15, 0.2) is 0 Å². The minimum absolute atomic E-state index is 0.0576. The van der Waals surface area contributed by atoms with Crippen LogP contribution >= 0.6 is 11.8 Å². The van der Waals surface area contributed by atoms with Crippen molar-refractivity contribution < 1.29 is 9.90 Å². The average molecular weight is 302 g/mol. The zero-order valence-corrected chi connectivity index (χ0v) is 13.1. The molecule has 2 aromatic rings. The second-order valence-corrected chi connectivity index (χ2v) is 6.20. The van der Waals surface area contributed by atoms with Gasteiger partial charge in [-0.15, -0.1) is 11.8 Å². The molecule has 0 saturated carbocycles. The van der Waals surface area contributed by atoms with Crippen LogP contribution in [0.5, 0.6) is 0 Å². The molecule has 0 fully saturated rings. The number of rotatable bonds is 5. The number of nitrogens with zero attached hydrogens (tertiary/aromatic N) is 2. The van der Waals surface area contributed by atoms with E-state index in [2.05, 4.69) is 41.2 Å². The van der Waals surface area contributed by atoms with Gasteiger partial charge in [0.05, 0.1) is 17.0 Å². The van der Waals surface area contributed by atoms with E-state index < -0.39 is 5.97 Å². The SMILES string of the molecule is Cc1ccc(SCc2ncc(C(=O)O)c(C(C)C)n2)cc1. The summed E-state index contributed by atoms with van der Waals surface area (Å²) in [5.74, 6) is 0.371. The van der Waals surface area contributed by atoms with Crippen molar-refractivity contribution in [1.29, 1.82) is 0 Å². The molecule has 0 saturated heterocycles. The molecule has 1 aromatic carbocycles. The number of aryl methyl sites for hydroxylation is 1. The fourth-order valence-corrected chi connectivity index (χ4v) is 2.65. The Morgan fingerprint density at radius 2 is 1.95 bits per heavy atom. The molecular weight excluding hydrogens is 284 g/mol. The second kappa shape index (κ2) is 6.72. The zero-order chi connectivity index (χ0) is 15.4. The Bertz CT molecular complexity index is 639. The van der Waals surface area contributed by atoms with Crippen LogP contribution in [0.3, 0.4) is 0 Å². The second-order valence-electron chi connectivity index (χ2n) is 5.15. The largest absolute Gasteiger partial charge is 0.478 e. The number of hydrogen-bond donors (Lipinski definition) is 1. The van der Waals surface area contributed by atoms with Gasteiger partial charge in [-0.2, -0.15) is 0 Å². The van der Waals surface area contributed by atoms with Crippen molar-refractivity contribution in [1.82, 2.24) is 9.97 Å². The summed E-state index contributed by atoms with van der Waals surface area (Å²) in [6.45, 7) is 5.93. The summed E-state index contributed by atoms with van der Waals surface area (Å²) in [5, 5.41) is 9.15. The first-order valence-corrected chi connectivity index (χ1v) is 7.74. The molecule has 1 aromatic heterocycles. The highest BCUT2D eigenvalue weighted by Crippen LogP contribution is 2.23. The molecule has 110 valence electrons. The Morgan fingerprint density at radius 1 is 1.29 bits per heavy atom. The minimum atomic E-state index is -0.976. The van der Waals surface area contributed by atoms with E-state index in [0.717, 1.165) is 4.90 Å². The highest BCUT2D eigenvalue weighted by Gasteiger charge is 2.16. The Labute approximate surface area is 128 Å². The molecule has 0 radical (unpaired) electrons. The summed E-state index contributed by atoms with van der Waals surface area (Å²) in [6, 6.07) is 8.26. The molecule has 0 unspecified atom stereocenters. The molecule has 0 amide bonds. The van der Waals surface area contributed by atoms with Gasteiger partial charge in [0.2, 0.25) is 0 Å². The average Bonchev–Trinajstić information content (AvgIpc) is 2.46. The van der Waals surface area contributed by atoms with Crippen molar-refractivity contribution in [3.8, 4) is 0 Å². The van der Waals surface area contributed by atoms with Crippen LogP contribution in [0.1, 0.15) is 47.2 Å². The van der Waals surface area contributed by atoms with Crippen LogP contribution in [0.15, 0.2) is 35.4 Å². The molecule has 1 N–H and O–H groups in total. The number of carbonyl (C=O) groups is 1. The van der Waals surface area contributed by atoms with Gasteiger partial charge in [0.25, 0.3) is 0 Å². The van der Waals surface area contributed by atoms with Crippen molar-refractivity contribution in [2.24, 2.45) is 0 Å². The summed E-state index contributed by atoms with van der Waals surface area (Å²) in [6.07, 6.45) is 1.41. The summed E-state index contributed by atoms with van der Waals surface area (Å²) in [4.78, 5) is 20.9. The van der Waals surface area contributed by atoms with Gasteiger partial charge in [-0.25, -0.2) is 14.8 Å². The van der Waals surface area contributed by atoms with Gasteiger partial charge in [0.1, 0.15) is 5.82 Å². The molecule has 2 rings (SSSR count). The summed E-state index contributed by atoms with van der Waals surface area (Å²) in [5.41, 5.74) is 2.01. The molecule has 0 bridgehead atoms. The first-order valence-electron chi connectivity index (χ1n) is 6.76. The molecule has 4 nitrogen and oxygen atoms in total. The van der Waals surface area contributed by atoms with E-state index in [1.54, 1.807) is 11.8 Å². The monoisotopic (exact) mass is 302 g/mol. The topological polar surface area (TPSA) is 63.1 Å². The summed E-state index contributed by atoms with van der Waals surface area (Å²) in [7, 11) is 0. The van der Waals surface area contributed by atoms with Crippen LogP contribution in [0.25, 0.3) is 0 Å². The molecule has 0 aliphatic heterocycles. The van der Waals surface area contributed by atoms with Crippen LogP contribution in [0, 0.1) is 6.92 Å². The highest BCUT2D eigenvalue weighted by molar-refractivity contribution is 7.98. The lowest BCUT2D eigenvalue weighted by Crippen LogP contribution is -2.09. The Hall–Kier alpha value is -1.88. The smallest absolute Gasteiger partial charge is 0.339 e. The molecule has 0 atom stereocenters. The molecule has 0 aliphatic carbocycles. The van der Waals surface area contributed by atoms with Gasteiger partial charge >= 0.3 is 5.97 Å². The van der Waals surface area contributed by atoms with E-state index in [4.69, 9.17) is 5.11 Å². The van der Waals surface area contributed by atoms with E-state index in [0.29, 0.717) is 17.3 Å². The van der Waals surface area contributed by atoms with Crippen LogP contribution in [0.2, 0.25) is 0 Å². The van der Waals surface area contributed by atoms with Crippen molar-refractivity contribution in [3.05, 3.63) is 53.1 Å². The maximum atomic E-state index is 11.2. The highest BCUT2D eigenvalue weighted by atomic mass is 32.2. The molecule has 1 heterocycles. The fourth-order valence-electron chi connectivity index (χ4n) is 1.89. The lowest BCUT2D eigenvalue weighted by Gasteiger charge is -2.10. The molecule has 0 aliphatic rings. The number of hydrogen-bond acceptors (Lipinski definition) is 4. The van der Waals surface area contributed by atoms with E-state index >= 15 is 0 Å². The lowest BCUT2D eigenvalue weighted by molar-refractivity contribution is 0.0694. The molecule has 0 spiro atoms. The molecule has 5 heteroatoms. The van der Waals surface area contributed by atoms with Crippen molar-refractivity contribution >= 4 is 17.7 Å². The first kappa shape index (κ1) is 15.5. The maximum Gasteiger partial charge on any atom is 0.339 e. The number of benzene rings is 1. The van der Waals surface area contributed by atoms with Gasteiger partial charge < -0.3 is 5.11 Å². The third-order valence-electron chi connectivity index (χ3n) is 3.03. The van der Waals surface area contributed by atoms with Crippen LogP contribution in [-0.4, -0.2) is 21.0 Å². The van der Waals surface area contributed by atoms with Crippen LogP contribution in [-0.2, 0) is 5.75 Å². The number of carboxylic acid groups (broad SMARTS) is 1. The van der Waals surface area contributed by atoms with Crippen LogP contribution in [0.4, 0.5) is 0 Å². The van der Waals surface area contributed by atoms with E-state index in [1.807, 2.05) is 13.8 Å². The van der Waals surface area contributed by atoms with Crippen molar-refractivity contribution in [2.45, 2.75) is 37.3 Å². The fraction of sp³-hybridized carbons (Fsp3) is 0.312. The molecule has 21 heavy (non-hydrogen) atoms. The Balaban J connectivity index is 2.15. The predicted octanol–water partition coefficient (Wildman–Crippen LogP) is 3.90. The lowest BCUT2D eigenvalue weighted by atomic mass is 10.1. The number of carboxylic acids is 1. The first-order chi connectivity index (χ1) is 9.97. The summed E-state index contributed by atoms with van der Waals surface area (Å²) < 4.78 is 0. The van der Waals surface area contributed by atoms with Gasteiger partial charge in [-0.3, -0.25) is 0 Å². The zero-order valence-electron chi connectivity index (χ0n) is 12.3. The van der Waals surface area contributed by atoms with E-state index in [-0.39, 0.29) is 11.5 Å². The van der Waals surface area contributed by atoms with Crippen LogP contribution < -0.4 is 0 Å². The van der Waals surface area contributed by atoms with E-state index in [9.17, 15) is 4.79 Å². The summed E-state index contributed by atoms with van der Waals surface area (Å²) >= 11 is 1.64. The Morgan fingerprint density at radius 3 is 2.52 bits per heavy atom. The normalized spacial score (nSPS) is 10.9. The van der Waals surface area contributed by atoms with Crippen molar-refractivity contribution in [2.75, 3.05) is 0 Å². The minimum Gasteiger partial charge on any atom is -0.478 e. The van der Waals surface area contributed by atoms with E-state index in [1.165, 1.54) is 11.8 Å². The standard InChI is InChI=1S/C16H18N2O2S/c1-10(2)15-13(16(19)20)8-17-14(18-15)9-21-12-6-4-11(3)5-7-12/h4-8,10H,9H2,1-3H3,(H,19,20). The number of aromatic carboxylic acids is 1. The maximum absolute atomic E-state index is 11.2. The van der Waals surface area contributed by atoms with Gasteiger partial charge in [-0.1, -0.05) is 31.5 Å². The Kier molecular flexibility index (Phi) is 4.96. The quantitative estimate of drug-likeness (QED) is 0.849. The van der Waals surface area contributed by atoms with Crippen molar-refractivity contribution in [3.63, 3.8) is 0 Å². The van der Waals surface area contributed by atoms with Gasteiger partial charge in [-0.05, 0) is 25.0 Å². The number of thioether (sulfide) groups is 1. The van der Waals surface area contributed by atoms with Gasteiger partial charge in [0, 0.05) is 11.1 Å².